The lowest BCUT2D eigenvalue weighted by Gasteiger charge is -2.39. The van der Waals surface area contributed by atoms with Gasteiger partial charge in [-0.3, -0.25) is 0 Å². The Kier molecular flexibility index (Phi) is 7.97. The minimum Gasteiger partial charge on any atom is -0.496 e. The molecule has 1 aliphatic rings. The van der Waals surface area contributed by atoms with Crippen LogP contribution in [-0.2, 0) is 9.47 Å². The molecule has 1 saturated heterocycles. The predicted octanol–water partition coefficient (Wildman–Crippen LogP) is 1.78. The van der Waals surface area contributed by atoms with E-state index < -0.39 is 37.3 Å². The summed E-state index contributed by atoms with van der Waals surface area (Å²) in [5.41, 5.74) is 3.22. The number of aryl methyl sites for hydroxylation is 2. The van der Waals surface area contributed by atoms with Crippen LogP contribution >= 0.6 is 0 Å². The monoisotopic (exact) mass is 450 g/mol. The number of rotatable bonds is 8. The molecular formula is C24H34O8. The van der Waals surface area contributed by atoms with Crippen molar-refractivity contribution in [1.29, 1.82) is 0 Å². The molecule has 178 valence electrons. The van der Waals surface area contributed by atoms with E-state index in [0.717, 1.165) is 39.0 Å². The van der Waals surface area contributed by atoms with E-state index in [2.05, 4.69) is 19.9 Å². The van der Waals surface area contributed by atoms with Gasteiger partial charge in [-0.05, 0) is 59.9 Å². The number of benzene rings is 2. The van der Waals surface area contributed by atoms with Gasteiger partial charge in [0.1, 0.15) is 42.5 Å². The number of hydrogen-bond donors (Lipinski definition) is 4. The lowest BCUT2D eigenvalue weighted by Crippen LogP contribution is -2.59. The molecule has 0 radical (unpaired) electrons. The van der Waals surface area contributed by atoms with Crippen molar-refractivity contribution < 1.29 is 39.4 Å². The van der Waals surface area contributed by atoms with Crippen molar-refractivity contribution in [1.82, 2.24) is 0 Å². The fourth-order valence-electron chi connectivity index (χ4n) is 4.16. The second-order valence-corrected chi connectivity index (χ2v) is 8.54. The van der Waals surface area contributed by atoms with E-state index in [-0.39, 0.29) is 13.2 Å². The van der Waals surface area contributed by atoms with Crippen LogP contribution in [0.1, 0.15) is 36.5 Å². The molecule has 0 aromatic heterocycles. The average Bonchev–Trinajstić information content (AvgIpc) is 2.76. The van der Waals surface area contributed by atoms with E-state index in [0.29, 0.717) is 5.92 Å². The van der Waals surface area contributed by atoms with Crippen LogP contribution in [0, 0.1) is 13.8 Å². The van der Waals surface area contributed by atoms with Gasteiger partial charge in [0.25, 0.3) is 0 Å². The zero-order chi connectivity index (χ0) is 23.6. The average molecular weight is 451 g/mol. The Labute approximate surface area is 188 Å². The van der Waals surface area contributed by atoms with Gasteiger partial charge in [0.15, 0.2) is 6.29 Å². The molecule has 1 aliphatic heterocycles. The molecule has 0 amide bonds. The molecule has 4 N–H and O–H groups in total. The Hall–Kier alpha value is -1.94. The van der Waals surface area contributed by atoms with Crippen LogP contribution in [0.15, 0.2) is 18.2 Å². The van der Waals surface area contributed by atoms with Crippen LogP contribution in [-0.4, -0.2) is 78.1 Å². The number of aliphatic hydroxyl groups excluding tert-OH is 4. The highest BCUT2D eigenvalue weighted by atomic mass is 16.7. The molecule has 32 heavy (non-hydrogen) atoms. The maximum absolute atomic E-state index is 10.1. The van der Waals surface area contributed by atoms with Crippen LogP contribution < -0.4 is 9.47 Å². The first kappa shape index (κ1) is 24.7. The van der Waals surface area contributed by atoms with Gasteiger partial charge in [0.2, 0.25) is 0 Å². The molecule has 0 spiro atoms. The Bertz CT molecular complexity index is 926. The van der Waals surface area contributed by atoms with Crippen LogP contribution in [0.2, 0.25) is 0 Å². The molecule has 0 bridgehead atoms. The standard InChI is InChI=1S/C24H34O8/c1-12(2)20-16-8-14(4)17(10-15(16)13(3)9-18(20)29-5)30-6-7-31-24-23(28)22(27)21(26)19(11-25)32-24/h8-10,12,19,21-28H,6-7,11H2,1-5H3/t19-,21-,22+,23-,24+/m1/s1. The molecule has 2 aromatic rings. The van der Waals surface area contributed by atoms with Crippen molar-refractivity contribution in [2.45, 2.75) is 64.3 Å². The van der Waals surface area contributed by atoms with Crippen molar-refractivity contribution in [3.63, 3.8) is 0 Å². The van der Waals surface area contributed by atoms with Gasteiger partial charge in [0, 0.05) is 5.56 Å². The Morgan fingerprint density at radius 3 is 2.25 bits per heavy atom. The first-order valence-corrected chi connectivity index (χ1v) is 10.9. The smallest absolute Gasteiger partial charge is 0.186 e. The summed E-state index contributed by atoms with van der Waals surface area (Å²) in [4.78, 5) is 0. The summed E-state index contributed by atoms with van der Waals surface area (Å²) in [5.74, 6) is 1.90. The first-order valence-electron chi connectivity index (χ1n) is 10.9. The molecule has 0 aliphatic carbocycles. The zero-order valence-corrected chi connectivity index (χ0v) is 19.2. The summed E-state index contributed by atoms with van der Waals surface area (Å²) in [6, 6.07) is 6.16. The van der Waals surface area contributed by atoms with Gasteiger partial charge >= 0.3 is 0 Å². The van der Waals surface area contributed by atoms with Gasteiger partial charge in [0.05, 0.1) is 20.3 Å². The molecule has 3 rings (SSSR count). The largest absolute Gasteiger partial charge is 0.496 e. The Morgan fingerprint density at radius 2 is 1.62 bits per heavy atom. The highest BCUT2D eigenvalue weighted by Gasteiger charge is 2.43. The third-order valence-corrected chi connectivity index (χ3v) is 5.91. The molecule has 1 heterocycles. The molecule has 8 heteroatoms. The van der Waals surface area contributed by atoms with E-state index in [9.17, 15) is 20.4 Å². The number of ether oxygens (including phenoxy) is 4. The summed E-state index contributed by atoms with van der Waals surface area (Å²) in [7, 11) is 1.69. The molecular weight excluding hydrogens is 416 g/mol. The van der Waals surface area contributed by atoms with E-state index in [1.807, 2.05) is 26.0 Å². The summed E-state index contributed by atoms with van der Waals surface area (Å²) in [5, 5.41) is 41.2. The highest BCUT2D eigenvalue weighted by Crippen LogP contribution is 2.38. The summed E-state index contributed by atoms with van der Waals surface area (Å²) >= 11 is 0. The lowest BCUT2D eigenvalue weighted by molar-refractivity contribution is -0.301. The lowest BCUT2D eigenvalue weighted by atomic mass is 9.91. The van der Waals surface area contributed by atoms with E-state index in [4.69, 9.17) is 18.9 Å². The van der Waals surface area contributed by atoms with Crippen molar-refractivity contribution in [3.8, 4) is 11.5 Å². The summed E-state index contributed by atoms with van der Waals surface area (Å²) < 4.78 is 22.4. The Balaban J connectivity index is 1.71. The van der Waals surface area contributed by atoms with Gasteiger partial charge in [-0.25, -0.2) is 0 Å². The van der Waals surface area contributed by atoms with Gasteiger partial charge in [-0.15, -0.1) is 0 Å². The van der Waals surface area contributed by atoms with Crippen LogP contribution in [0.25, 0.3) is 10.8 Å². The van der Waals surface area contributed by atoms with Crippen molar-refractivity contribution >= 4 is 10.8 Å². The first-order chi connectivity index (χ1) is 15.2. The summed E-state index contributed by atoms with van der Waals surface area (Å²) in [6.45, 7) is 8.07. The fraction of sp³-hybridized carbons (Fsp3) is 0.583. The van der Waals surface area contributed by atoms with Crippen LogP contribution in [0.3, 0.4) is 0 Å². The van der Waals surface area contributed by atoms with Gasteiger partial charge < -0.3 is 39.4 Å². The molecule has 8 nitrogen and oxygen atoms in total. The second kappa shape index (κ2) is 10.3. The molecule has 0 saturated carbocycles. The van der Waals surface area contributed by atoms with E-state index in [1.54, 1.807) is 7.11 Å². The fourth-order valence-corrected chi connectivity index (χ4v) is 4.16. The van der Waals surface area contributed by atoms with Crippen molar-refractivity contribution in [2.24, 2.45) is 0 Å². The van der Waals surface area contributed by atoms with Crippen LogP contribution in [0.4, 0.5) is 0 Å². The van der Waals surface area contributed by atoms with Gasteiger partial charge in [-0.2, -0.15) is 0 Å². The number of methoxy groups -OCH3 is 1. The third-order valence-electron chi connectivity index (χ3n) is 5.91. The zero-order valence-electron chi connectivity index (χ0n) is 19.2. The van der Waals surface area contributed by atoms with Gasteiger partial charge in [-0.1, -0.05) is 13.8 Å². The summed E-state index contributed by atoms with van der Waals surface area (Å²) in [6.07, 6.45) is -6.48. The topological polar surface area (TPSA) is 118 Å². The minimum atomic E-state index is -1.47. The Morgan fingerprint density at radius 1 is 0.906 bits per heavy atom. The highest BCUT2D eigenvalue weighted by molar-refractivity contribution is 5.93. The van der Waals surface area contributed by atoms with Crippen molar-refractivity contribution in [3.05, 3.63) is 34.9 Å². The number of fused-ring (bicyclic) bond motifs is 1. The third kappa shape index (κ3) is 4.85. The number of hydrogen-bond acceptors (Lipinski definition) is 8. The quantitative estimate of drug-likeness (QED) is 0.450. The normalized spacial score (nSPS) is 26.0. The molecule has 0 unspecified atom stereocenters. The van der Waals surface area contributed by atoms with Crippen LogP contribution in [0.5, 0.6) is 11.5 Å². The minimum absolute atomic E-state index is 0.0823. The maximum atomic E-state index is 10.1. The SMILES string of the molecule is COc1cc(C)c2cc(OCCO[C@H]3O[C@H](CO)[C@@H](O)[C@H](O)[C@H]3O)c(C)cc2c1C(C)C. The molecule has 2 aromatic carbocycles. The van der Waals surface area contributed by atoms with E-state index >= 15 is 0 Å². The molecule has 5 atom stereocenters. The molecule has 1 fully saturated rings. The predicted molar refractivity (Wildman–Crippen MR) is 119 cm³/mol. The second-order valence-electron chi connectivity index (χ2n) is 8.54. The van der Waals surface area contributed by atoms with E-state index in [1.165, 1.54) is 0 Å². The maximum Gasteiger partial charge on any atom is 0.186 e. The van der Waals surface area contributed by atoms with Crippen molar-refractivity contribution in [2.75, 3.05) is 26.9 Å². The number of aliphatic hydroxyl groups is 4.